The van der Waals surface area contributed by atoms with Gasteiger partial charge in [-0.15, -0.1) is 0 Å². The number of fused-ring (bicyclic) bond motifs is 5. The van der Waals surface area contributed by atoms with E-state index in [4.69, 9.17) is 0 Å². The summed E-state index contributed by atoms with van der Waals surface area (Å²) in [5.74, 6) is 0.315. The van der Waals surface area contributed by atoms with E-state index in [1.807, 2.05) is 0 Å². The van der Waals surface area contributed by atoms with Crippen LogP contribution in [0, 0.1) is 58.0 Å². The van der Waals surface area contributed by atoms with Crippen LogP contribution in [-0.4, -0.2) is 33.3 Å². The van der Waals surface area contributed by atoms with Crippen molar-refractivity contribution in [2.24, 2.45) is 46.3 Å². The second-order valence-electron chi connectivity index (χ2n) is 13.4. The van der Waals surface area contributed by atoms with E-state index in [2.05, 4.69) is 20.8 Å². The number of carbonyl (C=O) groups is 1. The standard InChI is InChI=1S/C31H44F2O4/c1-17(6-4-9-24(34)28-22(32)7-5-8-23(28)33)18-10-11-19-27-20(12-14-30(18,19)2)31(3)15-13-25(35)29(37)21(31)16-26(27)36/h5,7-8,17-21,24-25,27,29,34-35,37H,4,6,9-16H2,1-3H3/t17-,18-,19+,20+,21+,24?,25+,27+,29-,30-,31-/m1/s1. The quantitative estimate of drug-likeness (QED) is 0.433. The first kappa shape index (κ1) is 27.2. The maximum absolute atomic E-state index is 14.1. The Morgan fingerprint density at radius 3 is 2.30 bits per heavy atom. The number of hydrogen-bond donors (Lipinski definition) is 3. The van der Waals surface area contributed by atoms with Crippen LogP contribution in [-0.2, 0) is 4.79 Å². The van der Waals surface area contributed by atoms with Crippen molar-refractivity contribution in [1.82, 2.24) is 0 Å². The fraction of sp³-hybridized carbons (Fsp3) is 0.774. The van der Waals surface area contributed by atoms with E-state index in [0.29, 0.717) is 49.2 Å². The molecule has 0 aromatic heterocycles. The summed E-state index contributed by atoms with van der Waals surface area (Å²) < 4.78 is 28.1. The van der Waals surface area contributed by atoms with Crippen molar-refractivity contribution < 1.29 is 28.9 Å². The predicted molar refractivity (Wildman–Crippen MR) is 137 cm³/mol. The number of ketones is 1. The van der Waals surface area contributed by atoms with Crippen molar-refractivity contribution >= 4 is 5.78 Å². The Hall–Kier alpha value is -1.37. The Balaban J connectivity index is 1.25. The highest BCUT2D eigenvalue weighted by Gasteiger charge is 2.64. The molecule has 1 aromatic rings. The molecule has 0 aliphatic heterocycles. The molecule has 4 aliphatic rings. The highest BCUT2D eigenvalue weighted by Crippen LogP contribution is 2.67. The van der Waals surface area contributed by atoms with E-state index >= 15 is 0 Å². The molecule has 5 rings (SSSR count). The molecule has 6 heteroatoms. The van der Waals surface area contributed by atoms with Gasteiger partial charge in [0, 0.05) is 12.3 Å². The van der Waals surface area contributed by atoms with Gasteiger partial charge in [0.05, 0.1) is 23.9 Å². The SMILES string of the molecule is C[C@H](CCCC(O)c1c(F)cccc1F)[C@H]1CC[C@H]2[C@@H]3C(=O)C[C@H]4[C@@H](O)[C@@H](O)CC[C@]4(C)[C@H]3CC[C@]12C. The van der Waals surface area contributed by atoms with Crippen molar-refractivity contribution in [2.75, 3.05) is 0 Å². The van der Waals surface area contributed by atoms with Crippen molar-refractivity contribution in [3.8, 4) is 0 Å². The average molecular weight is 519 g/mol. The van der Waals surface area contributed by atoms with Crippen molar-refractivity contribution in [2.45, 2.75) is 103 Å². The van der Waals surface area contributed by atoms with E-state index < -0.39 is 29.9 Å². The zero-order valence-corrected chi connectivity index (χ0v) is 22.5. The van der Waals surface area contributed by atoms with Crippen molar-refractivity contribution in [3.63, 3.8) is 0 Å². The molecule has 37 heavy (non-hydrogen) atoms. The third-order valence-corrected chi connectivity index (χ3v) is 11.8. The van der Waals surface area contributed by atoms with Crippen molar-refractivity contribution in [1.29, 1.82) is 0 Å². The Morgan fingerprint density at radius 1 is 0.946 bits per heavy atom. The van der Waals surface area contributed by atoms with Gasteiger partial charge in [-0.3, -0.25) is 4.79 Å². The third kappa shape index (κ3) is 4.39. The summed E-state index contributed by atoms with van der Waals surface area (Å²) in [6.45, 7) is 6.91. The van der Waals surface area contributed by atoms with Gasteiger partial charge in [-0.25, -0.2) is 8.78 Å². The molecule has 206 valence electrons. The molecule has 0 saturated heterocycles. The molecule has 0 radical (unpaired) electrons. The van der Waals surface area contributed by atoms with Crippen molar-refractivity contribution in [3.05, 3.63) is 35.4 Å². The van der Waals surface area contributed by atoms with Crippen LogP contribution in [0.5, 0.6) is 0 Å². The summed E-state index contributed by atoms with van der Waals surface area (Å²) >= 11 is 0. The molecule has 0 amide bonds. The van der Waals surface area contributed by atoms with Crippen LogP contribution >= 0.6 is 0 Å². The Bertz CT molecular complexity index is 995. The van der Waals surface area contributed by atoms with E-state index in [-0.39, 0.29) is 34.1 Å². The molecule has 11 atom stereocenters. The summed E-state index contributed by atoms with van der Waals surface area (Å²) in [7, 11) is 0. The van der Waals surface area contributed by atoms with Crippen LogP contribution in [0.25, 0.3) is 0 Å². The molecule has 4 saturated carbocycles. The van der Waals surface area contributed by atoms with E-state index in [1.165, 1.54) is 18.2 Å². The van der Waals surface area contributed by atoms with Gasteiger partial charge >= 0.3 is 0 Å². The van der Waals surface area contributed by atoms with Gasteiger partial charge in [-0.1, -0.05) is 39.7 Å². The minimum atomic E-state index is -1.14. The Morgan fingerprint density at radius 2 is 1.59 bits per heavy atom. The molecule has 0 bridgehead atoms. The first-order valence-corrected chi connectivity index (χ1v) is 14.5. The lowest BCUT2D eigenvalue weighted by Crippen LogP contribution is -2.61. The normalized spacial score (nSPS) is 43.0. The molecule has 1 unspecified atom stereocenters. The molecule has 0 heterocycles. The highest BCUT2D eigenvalue weighted by atomic mass is 19.1. The lowest BCUT2D eigenvalue weighted by molar-refractivity contribution is -0.182. The summed E-state index contributed by atoms with van der Waals surface area (Å²) in [6.07, 6.45) is 5.30. The monoisotopic (exact) mass is 518 g/mol. The number of halogens is 2. The number of Topliss-reactive ketones (excluding diaryl/α,β-unsaturated/α-hetero) is 1. The molecule has 1 aromatic carbocycles. The van der Waals surface area contributed by atoms with E-state index in [1.54, 1.807) is 0 Å². The second kappa shape index (κ2) is 9.98. The van der Waals surface area contributed by atoms with Crippen LogP contribution in [0.15, 0.2) is 18.2 Å². The summed E-state index contributed by atoms with van der Waals surface area (Å²) in [5.41, 5.74) is -0.243. The molecular formula is C31H44F2O4. The van der Waals surface area contributed by atoms with E-state index in [0.717, 1.165) is 38.5 Å². The fourth-order valence-corrected chi connectivity index (χ4v) is 9.75. The second-order valence-corrected chi connectivity index (χ2v) is 13.4. The lowest BCUT2D eigenvalue weighted by Gasteiger charge is -2.61. The Kier molecular flexibility index (Phi) is 7.34. The molecule has 4 aliphatic carbocycles. The highest BCUT2D eigenvalue weighted by molar-refractivity contribution is 5.83. The molecule has 3 N–H and O–H groups in total. The number of hydrogen-bond acceptors (Lipinski definition) is 4. The molecule has 4 nitrogen and oxygen atoms in total. The van der Waals surface area contributed by atoms with E-state index in [9.17, 15) is 28.9 Å². The van der Waals surface area contributed by atoms with Gasteiger partial charge < -0.3 is 15.3 Å². The summed E-state index contributed by atoms with van der Waals surface area (Å²) in [4.78, 5) is 13.6. The van der Waals surface area contributed by atoms with Gasteiger partial charge in [-0.05, 0) is 97.5 Å². The molecule has 0 spiro atoms. The number of benzene rings is 1. The smallest absolute Gasteiger partial charge is 0.136 e. The number of rotatable bonds is 6. The lowest BCUT2D eigenvalue weighted by atomic mass is 9.43. The zero-order chi connectivity index (χ0) is 26.7. The summed E-state index contributed by atoms with van der Waals surface area (Å²) in [5, 5.41) is 31.5. The van der Waals surface area contributed by atoms with Crippen LogP contribution < -0.4 is 0 Å². The Labute approximate surface area is 219 Å². The average Bonchev–Trinajstić information content (AvgIpc) is 3.20. The van der Waals surface area contributed by atoms with Gasteiger partial charge in [0.1, 0.15) is 17.4 Å². The minimum Gasteiger partial charge on any atom is -0.390 e. The van der Waals surface area contributed by atoms with Gasteiger partial charge in [0.2, 0.25) is 0 Å². The summed E-state index contributed by atoms with van der Waals surface area (Å²) in [6, 6.07) is 3.68. The van der Waals surface area contributed by atoms with Crippen LogP contribution in [0.4, 0.5) is 8.78 Å². The number of aliphatic hydroxyl groups is 3. The van der Waals surface area contributed by atoms with Gasteiger partial charge in [0.15, 0.2) is 0 Å². The number of carbonyl (C=O) groups excluding carboxylic acids is 1. The zero-order valence-electron chi connectivity index (χ0n) is 22.5. The fourth-order valence-electron chi connectivity index (χ4n) is 9.75. The van der Waals surface area contributed by atoms with Gasteiger partial charge in [0.25, 0.3) is 0 Å². The maximum atomic E-state index is 14.1. The van der Waals surface area contributed by atoms with Crippen LogP contribution in [0.1, 0.15) is 96.6 Å². The van der Waals surface area contributed by atoms with Gasteiger partial charge in [-0.2, -0.15) is 0 Å². The third-order valence-electron chi connectivity index (χ3n) is 11.8. The maximum Gasteiger partial charge on any atom is 0.136 e. The molecular weight excluding hydrogens is 474 g/mol. The first-order valence-electron chi connectivity index (χ1n) is 14.5. The topological polar surface area (TPSA) is 77.8 Å². The number of aliphatic hydroxyl groups excluding tert-OH is 3. The molecule has 4 fully saturated rings. The minimum absolute atomic E-state index is 0.0468. The predicted octanol–water partition coefficient (Wildman–Crippen LogP) is 5.97. The van der Waals surface area contributed by atoms with Crippen LogP contribution in [0.2, 0.25) is 0 Å². The van der Waals surface area contributed by atoms with Crippen LogP contribution in [0.3, 0.4) is 0 Å². The largest absolute Gasteiger partial charge is 0.390 e. The first-order chi connectivity index (χ1) is 17.5.